The van der Waals surface area contributed by atoms with Crippen LogP contribution in [0.5, 0.6) is 5.75 Å². The van der Waals surface area contributed by atoms with Gasteiger partial charge >= 0.3 is 5.97 Å². The Kier molecular flexibility index (Phi) is 4.41. The van der Waals surface area contributed by atoms with E-state index in [0.717, 1.165) is 35.4 Å². The van der Waals surface area contributed by atoms with Crippen LogP contribution in [0, 0.1) is 0 Å². The third-order valence-electron chi connectivity index (χ3n) is 5.07. The van der Waals surface area contributed by atoms with Crippen LogP contribution in [-0.2, 0) is 12.8 Å². The van der Waals surface area contributed by atoms with Crippen molar-refractivity contribution in [3.05, 3.63) is 68.2 Å². The van der Waals surface area contributed by atoms with Gasteiger partial charge in [0.15, 0.2) is 0 Å². The fraction of sp³-hybridized carbons (Fsp3) is 0.238. The molecule has 0 radical (unpaired) electrons. The molecule has 28 heavy (non-hydrogen) atoms. The molecule has 0 fully saturated rings. The molecule has 1 aliphatic carbocycles. The van der Waals surface area contributed by atoms with E-state index < -0.39 is 0 Å². The van der Waals surface area contributed by atoms with Crippen molar-refractivity contribution < 1.29 is 14.3 Å². The smallest absolute Gasteiger partial charge is 0.353 e. The van der Waals surface area contributed by atoms with Crippen molar-refractivity contribution in [1.29, 1.82) is 0 Å². The molecule has 0 spiro atoms. The fourth-order valence-corrected chi connectivity index (χ4v) is 5.67. The number of rotatable bonds is 3. The summed E-state index contributed by atoms with van der Waals surface area (Å²) in [6.45, 7) is 0. The Morgan fingerprint density at radius 1 is 1.11 bits per heavy atom. The van der Waals surface area contributed by atoms with Gasteiger partial charge in [0, 0.05) is 4.88 Å². The van der Waals surface area contributed by atoms with Crippen LogP contribution in [0.4, 0.5) is 5.00 Å². The lowest BCUT2D eigenvalue weighted by Crippen LogP contribution is -2.38. The van der Waals surface area contributed by atoms with E-state index in [2.05, 4.69) is 10.6 Å². The molecule has 1 aromatic carbocycles. The summed E-state index contributed by atoms with van der Waals surface area (Å²) in [6, 6.07) is 10.8. The highest BCUT2D eigenvalue weighted by Gasteiger charge is 2.32. The topological polar surface area (TPSA) is 67.4 Å². The highest BCUT2D eigenvalue weighted by atomic mass is 32.1. The fourth-order valence-electron chi connectivity index (χ4n) is 3.75. The van der Waals surface area contributed by atoms with Gasteiger partial charge in [0.25, 0.3) is 5.91 Å². The molecule has 2 N–H and O–H groups in total. The Balaban J connectivity index is 1.39. The van der Waals surface area contributed by atoms with Gasteiger partial charge in [-0.25, -0.2) is 4.79 Å². The minimum atomic E-state index is -0.374. The van der Waals surface area contributed by atoms with E-state index in [1.807, 2.05) is 23.6 Å². The first-order valence-electron chi connectivity index (χ1n) is 9.26. The van der Waals surface area contributed by atoms with Crippen molar-refractivity contribution in [2.24, 2.45) is 0 Å². The van der Waals surface area contributed by atoms with Gasteiger partial charge in [0.1, 0.15) is 21.8 Å². The SMILES string of the molecule is O=C(Oc1cccc(C2NC(=O)c3c(sc4c3CCCC4)N2)c1)c1cccs1. The van der Waals surface area contributed by atoms with Gasteiger partial charge < -0.3 is 15.4 Å². The van der Waals surface area contributed by atoms with Crippen molar-refractivity contribution in [3.63, 3.8) is 0 Å². The van der Waals surface area contributed by atoms with Crippen molar-refractivity contribution in [1.82, 2.24) is 5.32 Å². The number of carbonyl (C=O) groups is 2. The highest BCUT2D eigenvalue weighted by Crippen LogP contribution is 2.41. The number of hydrogen-bond acceptors (Lipinski definition) is 6. The summed E-state index contributed by atoms with van der Waals surface area (Å²) < 4.78 is 5.49. The number of thiophene rings is 2. The van der Waals surface area contributed by atoms with Gasteiger partial charge in [-0.3, -0.25) is 4.79 Å². The molecule has 0 saturated heterocycles. The van der Waals surface area contributed by atoms with Crippen LogP contribution >= 0.6 is 22.7 Å². The number of nitrogens with one attached hydrogen (secondary N) is 2. The summed E-state index contributed by atoms with van der Waals surface area (Å²) in [5, 5.41) is 9.29. The predicted molar refractivity (Wildman–Crippen MR) is 111 cm³/mol. The normalized spacial score (nSPS) is 17.9. The van der Waals surface area contributed by atoms with Crippen LogP contribution < -0.4 is 15.4 Å². The first-order chi connectivity index (χ1) is 13.7. The van der Waals surface area contributed by atoms with Crippen molar-refractivity contribution >= 4 is 39.6 Å². The lowest BCUT2D eigenvalue weighted by atomic mass is 9.94. The number of carbonyl (C=O) groups excluding carboxylic acids is 2. The average Bonchev–Trinajstić information content (AvgIpc) is 3.36. The molecule has 0 saturated carbocycles. The second kappa shape index (κ2) is 7.07. The first-order valence-corrected chi connectivity index (χ1v) is 11.0. The molecule has 5 rings (SSSR count). The second-order valence-corrected chi connectivity index (χ2v) is 8.96. The van der Waals surface area contributed by atoms with Crippen LogP contribution in [0.3, 0.4) is 0 Å². The van der Waals surface area contributed by atoms with Crippen LogP contribution in [0.25, 0.3) is 0 Å². The van der Waals surface area contributed by atoms with E-state index in [1.165, 1.54) is 28.2 Å². The van der Waals surface area contributed by atoms with Crippen LogP contribution in [-0.4, -0.2) is 11.9 Å². The molecule has 3 heterocycles. The largest absolute Gasteiger partial charge is 0.422 e. The standard InChI is InChI=1S/C21H18N2O3S2/c24-19-17-14-7-1-2-8-15(14)28-20(17)23-18(22-19)12-5-3-6-13(11-12)26-21(25)16-9-4-10-27-16/h3-6,9-11,18,23H,1-2,7-8H2,(H,22,24). The Morgan fingerprint density at radius 3 is 2.86 bits per heavy atom. The molecule has 0 bridgehead atoms. The van der Waals surface area contributed by atoms with Gasteiger partial charge in [-0.05, 0) is 60.4 Å². The number of esters is 1. The van der Waals surface area contributed by atoms with Crippen molar-refractivity contribution in [2.75, 3.05) is 5.32 Å². The van der Waals surface area contributed by atoms with E-state index >= 15 is 0 Å². The monoisotopic (exact) mass is 410 g/mol. The molecule has 1 atom stereocenters. The Hall–Kier alpha value is -2.64. The number of hydrogen-bond donors (Lipinski definition) is 2. The van der Waals surface area contributed by atoms with Gasteiger partial charge in [0.05, 0.1) is 5.56 Å². The van der Waals surface area contributed by atoms with Gasteiger partial charge in [-0.1, -0.05) is 18.2 Å². The molecule has 1 amide bonds. The Labute approximate surface area is 170 Å². The first kappa shape index (κ1) is 17.5. The molecule has 7 heteroatoms. The number of ether oxygens (including phenoxy) is 1. The van der Waals surface area contributed by atoms with Crippen LogP contribution in [0.15, 0.2) is 41.8 Å². The van der Waals surface area contributed by atoms with Crippen LogP contribution in [0.1, 0.15) is 55.0 Å². The number of aryl methyl sites for hydroxylation is 1. The van der Waals surface area contributed by atoms with E-state index in [-0.39, 0.29) is 18.0 Å². The summed E-state index contributed by atoms with van der Waals surface area (Å²) in [5.74, 6) is 0.0587. The minimum absolute atomic E-state index is 0.0286. The molecule has 2 aliphatic rings. The summed E-state index contributed by atoms with van der Waals surface area (Å²) in [6.07, 6.45) is 4.02. The van der Waals surface area contributed by atoms with E-state index in [0.29, 0.717) is 10.6 Å². The quantitative estimate of drug-likeness (QED) is 0.482. The van der Waals surface area contributed by atoms with Gasteiger partial charge in [-0.2, -0.15) is 0 Å². The summed E-state index contributed by atoms with van der Waals surface area (Å²) >= 11 is 3.04. The average molecular weight is 411 g/mol. The van der Waals surface area contributed by atoms with Crippen molar-refractivity contribution in [3.8, 4) is 5.75 Å². The summed E-state index contributed by atoms with van der Waals surface area (Å²) in [5.41, 5.74) is 2.88. The Bertz CT molecular complexity index is 1060. The summed E-state index contributed by atoms with van der Waals surface area (Å²) in [4.78, 5) is 26.9. The third-order valence-corrected chi connectivity index (χ3v) is 7.15. The lowest BCUT2D eigenvalue weighted by Gasteiger charge is -2.27. The summed E-state index contributed by atoms with van der Waals surface area (Å²) in [7, 11) is 0. The Morgan fingerprint density at radius 2 is 2.00 bits per heavy atom. The molecule has 2 aromatic heterocycles. The molecule has 3 aromatic rings. The predicted octanol–water partition coefficient (Wildman–Crippen LogP) is 4.76. The molecule has 1 unspecified atom stereocenters. The molecule has 1 aliphatic heterocycles. The number of anilines is 1. The lowest BCUT2D eigenvalue weighted by molar-refractivity contribution is 0.0739. The number of amides is 1. The van der Waals surface area contributed by atoms with Gasteiger partial charge in [0.2, 0.25) is 0 Å². The second-order valence-electron chi connectivity index (χ2n) is 6.91. The van der Waals surface area contributed by atoms with Crippen molar-refractivity contribution in [2.45, 2.75) is 31.8 Å². The molecular formula is C21H18N2O3S2. The van der Waals surface area contributed by atoms with E-state index in [1.54, 1.807) is 29.5 Å². The van der Waals surface area contributed by atoms with Gasteiger partial charge in [-0.15, -0.1) is 22.7 Å². The minimum Gasteiger partial charge on any atom is -0.422 e. The zero-order valence-corrected chi connectivity index (χ0v) is 16.6. The van der Waals surface area contributed by atoms with E-state index in [4.69, 9.17) is 4.74 Å². The maximum Gasteiger partial charge on any atom is 0.353 e. The maximum absolute atomic E-state index is 12.8. The number of fused-ring (bicyclic) bond motifs is 3. The van der Waals surface area contributed by atoms with Crippen LogP contribution in [0.2, 0.25) is 0 Å². The molecule has 5 nitrogen and oxygen atoms in total. The zero-order chi connectivity index (χ0) is 19.1. The zero-order valence-electron chi connectivity index (χ0n) is 15.0. The maximum atomic E-state index is 12.8. The molecule has 142 valence electrons. The highest BCUT2D eigenvalue weighted by molar-refractivity contribution is 7.16. The number of benzene rings is 1. The molecular weight excluding hydrogens is 392 g/mol. The third kappa shape index (κ3) is 3.10. The van der Waals surface area contributed by atoms with E-state index in [9.17, 15) is 9.59 Å².